The topological polar surface area (TPSA) is 31.0 Å². The fraction of sp³-hybridized carbons (Fsp3) is 0.0938. The van der Waals surface area contributed by atoms with Crippen LogP contribution in [0.5, 0.6) is 0 Å². The summed E-state index contributed by atoms with van der Waals surface area (Å²) in [6.07, 6.45) is 3.74. The molecule has 3 aromatic heterocycles. The molecule has 1 aliphatic carbocycles. The van der Waals surface area contributed by atoms with Gasteiger partial charge in [0.25, 0.3) is 0 Å². The fourth-order valence-corrected chi connectivity index (χ4v) is 6.45. The maximum atomic E-state index is 6.71. The van der Waals surface area contributed by atoms with E-state index in [1.165, 1.54) is 54.8 Å². The van der Waals surface area contributed by atoms with E-state index in [0.717, 1.165) is 16.9 Å². The van der Waals surface area contributed by atoms with Crippen LogP contribution in [0.2, 0.25) is 0 Å². The van der Waals surface area contributed by atoms with Crippen LogP contribution in [0.1, 0.15) is 25.0 Å². The number of pyridine rings is 1. The van der Waals surface area contributed by atoms with E-state index in [4.69, 9.17) is 4.42 Å². The van der Waals surface area contributed by atoms with Crippen molar-refractivity contribution < 1.29 is 4.42 Å². The van der Waals surface area contributed by atoms with Crippen molar-refractivity contribution >= 4 is 43.7 Å². The Morgan fingerprint density at radius 3 is 2.31 bits per heavy atom. The molecule has 4 aromatic carbocycles. The number of benzene rings is 4. The largest absolute Gasteiger partial charge is 0.455 e. The molecule has 0 saturated heterocycles. The van der Waals surface area contributed by atoms with E-state index in [1.807, 2.05) is 12.4 Å². The predicted octanol–water partition coefficient (Wildman–Crippen LogP) is 8.38. The van der Waals surface area contributed by atoms with E-state index < -0.39 is 0 Å². The molecule has 0 amide bonds. The molecule has 3 nitrogen and oxygen atoms in total. The van der Waals surface area contributed by atoms with Crippen LogP contribution in [0.15, 0.2) is 102 Å². The summed E-state index contributed by atoms with van der Waals surface area (Å²) >= 11 is 0. The molecule has 0 atom stereocenters. The lowest BCUT2D eigenvalue weighted by molar-refractivity contribution is 0.659. The zero-order chi connectivity index (χ0) is 23.3. The Kier molecular flexibility index (Phi) is 3.47. The second kappa shape index (κ2) is 6.39. The number of nitrogens with zero attached hydrogens (tertiary/aromatic N) is 2. The van der Waals surface area contributed by atoms with Gasteiger partial charge in [-0.3, -0.25) is 4.98 Å². The van der Waals surface area contributed by atoms with E-state index in [-0.39, 0.29) is 5.41 Å². The second-order valence-corrected chi connectivity index (χ2v) is 10.0. The molecular weight excluding hydrogens is 428 g/mol. The lowest BCUT2D eigenvalue weighted by atomic mass is 9.80. The summed E-state index contributed by atoms with van der Waals surface area (Å²) in [5, 5.41) is 4.80. The van der Waals surface area contributed by atoms with Crippen molar-refractivity contribution in [3.05, 3.63) is 108 Å². The first kappa shape index (κ1) is 19.0. The van der Waals surface area contributed by atoms with Gasteiger partial charge in [-0.1, -0.05) is 74.5 Å². The minimum Gasteiger partial charge on any atom is -0.455 e. The second-order valence-electron chi connectivity index (χ2n) is 10.0. The molecule has 7 aromatic rings. The summed E-state index contributed by atoms with van der Waals surface area (Å²) in [6.45, 7) is 4.70. The Bertz CT molecular complexity index is 1970. The first-order valence-corrected chi connectivity index (χ1v) is 12.1. The zero-order valence-corrected chi connectivity index (χ0v) is 19.5. The van der Waals surface area contributed by atoms with Gasteiger partial charge in [-0.25, -0.2) is 0 Å². The van der Waals surface area contributed by atoms with Crippen molar-refractivity contribution in [2.45, 2.75) is 19.3 Å². The third kappa shape index (κ3) is 2.23. The van der Waals surface area contributed by atoms with Crippen LogP contribution in [0.3, 0.4) is 0 Å². The standard InChI is InChI=1S/C32H22N2O/c1-32(2)23-12-6-3-9-20(23)26-29(32)27-22-11-5-8-14-25(22)35-31(27)28-21-10-4-7-13-24(21)34(30(26)28)19-15-17-33-18-16-19/h3-18H,1-2H3. The van der Waals surface area contributed by atoms with Gasteiger partial charge in [-0.05, 0) is 41.0 Å². The molecule has 0 saturated carbocycles. The first-order valence-electron chi connectivity index (χ1n) is 12.1. The van der Waals surface area contributed by atoms with Crippen molar-refractivity contribution in [3.8, 4) is 16.8 Å². The number of rotatable bonds is 1. The minimum atomic E-state index is -0.162. The summed E-state index contributed by atoms with van der Waals surface area (Å²) in [7, 11) is 0. The number of aromatic nitrogens is 2. The van der Waals surface area contributed by atoms with Crippen LogP contribution in [0.25, 0.3) is 60.6 Å². The Balaban J connectivity index is 1.76. The SMILES string of the molecule is CC1(C)c2ccccc2-c2c1c1c3ccccc3oc1c1c3ccccc3n(-c3ccncc3)c21. The van der Waals surface area contributed by atoms with E-state index in [1.54, 1.807) is 0 Å². The highest BCUT2D eigenvalue weighted by Gasteiger charge is 2.41. The fourth-order valence-electron chi connectivity index (χ4n) is 6.45. The average molecular weight is 451 g/mol. The monoisotopic (exact) mass is 450 g/mol. The first-order chi connectivity index (χ1) is 17.2. The van der Waals surface area contributed by atoms with Gasteiger partial charge in [-0.15, -0.1) is 0 Å². The van der Waals surface area contributed by atoms with Crippen LogP contribution in [-0.2, 0) is 5.41 Å². The molecule has 0 spiro atoms. The third-order valence-corrected chi connectivity index (χ3v) is 7.85. The maximum Gasteiger partial charge on any atom is 0.145 e. The van der Waals surface area contributed by atoms with Crippen LogP contribution in [0.4, 0.5) is 0 Å². The van der Waals surface area contributed by atoms with Gasteiger partial charge in [-0.2, -0.15) is 0 Å². The summed E-state index contributed by atoms with van der Waals surface area (Å²) in [5.41, 5.74) is 10.6. The van der Waals surface area contributed by atoms with Crippen molar-refractivity contribution in [1.29, 1.82) is 0 Å². The quantitative estimate of drug-likeness (QED) is 0.251. The molecule has 0 unspecified atom stereocenters. The molecule has 1 aliphatic rings. The van der Waals surface area contributed by atoms with E-state index >= 15 is 0 Å². The summed E-state index contributed by atoms with van der Waals surface area (Å²) < 4.78 is 9.11. The van der Waals surface area contributed by atoms with E-state index in [2.05, 4.69) is 108 Å². The van der Waals surface area contributed by atoms with Crippen LogP contribution < -0.4 is 0 Å². The van der Waals surface area contributed by atoms with Gasteiger partial charge < -0.3 is 8.98 Å². The van der Waals surface area contributed by atoms with Crippen molar-refractivity contribution in [2.75, 3.05) is 0 Å². The lowest BCUT2D eigenvalue weighted by Crippen LogP contribution is -2.15. The van der Waals surface area contributed by atoms with Crippen LogP contribution in [-0.4, -0.2) is 9.55 Å². The molecule has 166 valence electrons. The van der Waals surface area contributed by atoms with Gasteiger partial charge in [0, 0.05) is 45.2 Å². The Morgan fingerprint density at radius 1 is 0.743 bits per heavy atom. The van der Waals surface area contributed by atoms with Crippen molar-refractivity contribution in [2.24, 2.45) is 0 Å². The predicted molar refractivity (Wildman–Crippen MR) is 143 cm³/mol. The van der Waals surface area contributed by atoms with Crippen LogP contribution >= 0.6 is 0 Å². The summed E-state index contributed by atoms with van der Waals surface area (Å²) in [6, 6.07) is 30.2. The van der Waals surface area contributed by atoms with Crippen molar-refractivity contribution in [1.82, 2.24) is 9.55 Å². The molecule has 0 N–H and O–H groups in total. The van der Waals surface area contributed by atoms with Crippen LogP contribution in [0, 0.1) is 0 Å². The highest BCUT2D eigenvalue weighted by Crippen LogP contribution is 2.57. The van der Waals surface area contributed by atoms with Gasteiger partial charge in [0.1, 0.15) is 11.2 Å². The summed E-state index contributed by atoms with van der Waals surface area (Å²) in [4.78, 5) is 4.29. The lowest BCUT2D eigenvalue weighted by Gasteiger charge is -2.22. The highest BCUT2D eigenvalue weighted by atomic mass is 16.3. The van der Waals surface area contributed by atoms with Crippen molar-refractivity contribution in [3.63, 3.8) is 0 Å². The number of para-hydroxylation sites is 2. The number of fused-ring (bicyclic) bond motifs is 12. The van der Waals surface area contributed by atoms with Gasteiger partial charge in [0.05, 0.1) is 16.4 Å². The molecule has 8 rings (SSSR count). The smallest absolute Gasteiger partial charge is 0.145 e. The van der Waals surface area contributed by atoms with E-state index in [9.17, 15) is 0 Å². The number of hydrogen-bond donors (Lipinski definition) is 0. The number of hydrogen-bond acceptors (Lipinski definition) is 2. The van der Waals surface area contributed by atoms with E-state index in [0.29, 0.717) is 0 Å². The van der Waals surface area contributed by atoms with Gasteiger partial charge >= 0.3 is 0 Å². The Labute approximate surface area is 202 Å². The molecule has 0 fully saturated rings. The molecule has 35 heavy (non-hydrogen) atoms. The molecule has 0 aliphatic heterocycles. The maximum absolute atomic E-state index is 6.71. The normalized spacial score (nSPS) is 14.2. The third-order valence-electron chi connectivity index (χ3n) is 7.85. The highest BCUT2D eigenvalue weighted by molar-refractivity contribution is 6.29. The minimum absolute atomic E-state index is 0.162. The Hall–Kier alpha value is -4.37. The summed E-state index contributed by atoms with van der Waals surface area (Å²) in [5.74, 6) is 0. The van der Waals surface area contributed by atoms with Gasteiger partial charge in [0.2, 0.25) is 0 Å². The Morgan fingerprint density at radius 2 is 1.46 bits per heavy atom. The molecule has 3 heterocycles. The average Bonchev–Trinajstić information content (AvgIpc) is 3.51. The molecular formula is C32H22N2O. The molecule has 0 bridgehead atoms. The number of furan rings is 1. The van der Waals surface area contributed by atoms with Gasteiger partial charge in [0.15, 0.2) is 0 Å². The zero-order valence-electron chi connectivity index (χ0n) is 19.5. The molecule has 0 radical (unpaired) electrons. The molecule has 3 heteroatoms.